The molecule has 24 heavy (non-hydrogen) atoms. The molecular formula is C16H26N2O5S. The highest BCUT2D eigenvalue weighted by atomic mass is 32.2. The zero-order valence-corrected chi connectivity index (χ0v) is 15.6. The number of sulfonamides is 1. The van der Waals surface area contributed by atoms with E-state index in [-0.39, 0.29) is 18.5 Å². The third-order valence-corrected chi connectivity index (χ3v) is 4.60. The lowest BCUT2D eigenvalue weighted by molar-refractivity contribution is -0.120. The van der Waals surface area contributed by atoms with Crippen LogP contribution in [0.2, 0.25) is 0 Å². The van der Waals surface area contributed by atoms with Gasteiger partial charge in [-0.15, -0.1) is 0 Å². The van der Waals surface area contributed by atoms with Gasteiger partial charge in [0.25, 0.3) is 0 Å². The molecule has 1 aromatic rings. The van der Waals surface area contributed by atoms with E-state index in [2.05, 4.69) is 5.32 Å². The van der Waals surface area contributed by atoms with Crippen molar-refractivity contribution in [3.8, 4) is 11.5 Å². The molecule has 1 rings (SSSR count). The summed E-state index contributed by atoms with van der Waals surface area (Å²) >= 11 is 0. The van der Waals surface area contributed by atoms with Crippen LogP contribution in [0, 0.1) is 0 Å². The second kappa shape index (κ2) is 8.77. The minimum Gasteiger partial charge on any atom is -0.497 e. The van der Waals surface area contributed by atoms with Crippen molar-refractivity contribution in [1.82, 2.24) is 5.32 Å². The number of hydrogen-bond donors (Lipinski definition) is 1. The van der Waals surface area contributed by atoms with Gasteiger partial charge in [0, 0.05) is 12.1 Å². The number of methoxy groups -OCH3 is 2. The molecule has 136 valence electrons. The van der Waals surface area contributed by atoms with Gasteiger partial charge >= 0.3 is 0 Å². The first-order chi connectivity index (χ1) is 11.2. The summed E-state index contributed by atoms with van der Waals surface area (Å²) in [6.07, 6.45) is 2.82. The second-order valence-corrected chi connectivity index (χ2v) is 7.47. The van der Waals surface area contributed by atoms with Gasteiger partial charge < -0.3 is 14.8 Å². The van der Waals surface area contributed by atoms with E-state index < -0.39 is 10.0 Å². The average Bonchev–Trinajstić information content (AvgIpc) is 2.51. The van der Waals surface area contributed by atoms with Crippen LogP contribution in [0.1, 0.15) is 26.7 Å². The number of nitrogens with zero attached hydrogens (tertiary/aromatic N) is 1. The summed E-state index contributed by atoms with van der Waals surface area (Å²) in [5.41, 5.74) is 0.291. The first-order valence-electron chi connectivity index (χ1n) is 7.72. The van der Waals surface area contributed by atoms with E-state index in [4.69, 9.17) is 9.47 Å². The number of anilines is 1. The van der Waals surface area contributed by atoms with Crippen LogP contribution < -0.4 is 19.1 Å². The van der Waals surface area contributed by atoms with Crippen molar-refractivity contribution in [1.29, 1.82) is 0 Å². The molecule has 0 aliphatic rings. The van der Waals surface area contributed by atoms with Gasteiger partial charge in [-0.1, -0.05) is 13.3 Å². The monoisotopic (exact) mass is 358 g/mol. The number of carbonyl (C=O) groups is 1. The number of ether oxygens (including phenoxy) is 2. The molecule has 1 amide bonds. The van der Waals surface area contributed by atoms with Gasteiger partial charge in [0.1, 0.15) is 18.0 Å². The van der Waals surface area contributed by atoms with E-state index in [9.17, 15) is 13.2 Å². The molecule has 0 saturated heterocycles. The van der Waals surface area contributed by atoms with Crippen LogP contribution in [0.3, 0.4) is 0 Å². The van der Waals surface area contributed by atoms with Crippen LogP contribution in [0.5, 0.6) is 11.5 Å². The zero-order valence-electron chi connectivity index (χ0n) is 14.8. The lowest BCUT2D eigenvalue weighted by atomic mass is 10.2. The van der Waals surface area contributed by atoms with E-state index in [1.54, 1.807) is 18.2 Å². The molecule has 0 bridgehead atoms. The molecule has 0 saturated carbocycles. The Hall–Kier alpha value is -1.96. The highest BCUT2D eigenvalue weighted by Gasteiger charge is 2.24. The molecule has 8 heteroatoms. The largest absolute Gasteiger partial charge is 0.497 e. The van der Waals surface area contributed by atoms with Crippen LogP contribution >= 0.6 is 0 Å². The highest BCUT2D eigenvalue weighted by Crippen LogP contribution is 2.33. The first-order valence-corrected chi connectivity index (χ1v) is 9.56. The number of benzene rings is 1. The van der Waals surface area contributed by atoms with Crippen molar-refractivity contribution in [3.63, 3.8) is 0 Å². The topological polar surface area (TPSA) is 84.9 Å². The molecule has 0 aromatic heterocycles. The summed E-state index contributed by atoms with van der Waals surface area (Å²) in [6, 6.07) is 4.74. The van der Waals surface area contributed by atoms with Crippen LogP contribution in [-0.2, 0) is 14.8 Å². The lowest BCUT2D eigenvalue weighted by Gasteiger charge is -2.25. The molecular weight excluding hydrogens is 332 g/mol. The number of rotatable bonds is 9. The van der Waals surface area contributed by atoms with Crippen molar-refractivity contribution in [2.45, 2.75) is 32.7 Å². The van der Waals surface area contributed by atoms with Crippen molar-refractivity contribution >= 4 is 21.6 Å². The van der Waals surface area contributed by atoms with Gasteiger partial charge in [0.05, 0.1) is 26.2 Å². The molecule has 0 spiro atoms. The molecule has 0 heterocycles. The van der Waals surface area contributed by atoms with Crippen molar-refractivity contribution in [3.05, 3.63) is 18.2 Å². The summed E-state index contributed by atoms with van der Waals surface area (Å²) in [6.45, 7) is 3.60. The number of hydrogen-bond acceptors (Lipinski definition) is 5. The Morgan fingerprint density at radius 3 is 2.46 bits per heavy atom. The summed E-state index contributed by atoms with van der Waals surface area (Å²) in [5.74, 6) is 0.485. The molecule has 7 nitrogen and oxygen atoms in total. The Morgan fingerprint density at radius 2 is 1.96 bits per heavy atom. The number of nitrogens with one attached hydrogen (secondary N) is 1. The van der Waals surface area contributed by atoms with E-state index in [0.29, 0.717) is 17.2 Å². The zero-order chi connectivity index (χ0) is 18.3. The first kappa shape index (κ1) is 20.1. The average molecular weight is 358 g/mol. The standard InChI is InChI=1S/C16H26N2O5S/c1-6-7-12(2)17-16(19)11-18(24(5,20)21)14-9-8-13(22-3)10-15(14)23-4/h8-10,12H,6-7,11H2,1-5H3,(H,17,19)/t12-/m0/s1. The van der Waals surface area contributed by atoms with Crippen molar-refractivity contribution in [2.24, 2.45) is 0 Å². The van der Waals surface area contributed by atoms with E-state index in [0.717, 1.165) is 23.4 Å². The van der Waals surface area contributed by atoms with E-state index in [1.807, 2.05) is 13.8 Å². The molecule has 0 fully saturated rings. The molecule has 1 atom stereocenters. The third-order valence-electron chi connectivity index (χ3n) is 3.47. The summed E-state index contributed by atoms with van der Waals surface area (Å²) < 4.78 is 35.7. The quantitative estimate of drug-likeness (QED) is 0.727. The van der Waals surface area contributed by atoms with E-state index in [1.165, 1.54) is 14.2 Å². The van der Waals surface area contributed by atoms with Crippen LogP contribution in [-0.4, -0.2) is 47.4 Å². The lowest BCUT2D eigenvalue weighted by Crippen LogP contribution is -2.43. The molecule has 0 radical (unpaired) electrons. The van der Waals surface area contributed by atoms with Crippen molar-refractivity contribution in [2.75, 3.05) is 31.3 Å². The van der Waals surface area contributed by atoms with Gasteiger partial charge in [0.15, 0.2) is 0 Å². The third kappa shape index (κ3) is 5.59. The number of amides is 1. The Kier molecular flexibility index (Phi) is 7.34. The predicted octanol–water partition coefficient (Wildman–Crippen LogP) is 1.77. The van der Waals surface area contributed by atoms with E-state index >= 15 is 0 Å². The normalized spacial score (nSPS) is 12.4. The Bertz CT molecular complexity index is 660. The predicted molar refractivity (Wildman–Crippen MR) is 94.2 cm³/mol. The van der Waals surface area contributed by atoms with Gasteiger partial charge in [-0.2, -0.15) is 0 Å². The van der Waals surface area contributed by atoms with Gasteiger partial charge in [0.2, 0.25) is 15.9 Å². The molecule has 1 aromatic carbocycles. The van der Waals surface area contributed by atoms with Crippen LogP contribution in [0.4, 0.5) is 5.69 Å². The maximum absolute atomic E-state index is 12.2. The Balaban J connectivity index is 3.09. The molecule has 0 aliphatic carbocycles. The fourth-order valence-electron chi connectivity index (χ4n) is 2.33. The second-order valence-electron chi connectivity index (χ2n) is 5.56. The minimum absolute atomic E-state index is 0.0123. The summed E-state index contributed by atoms with van der Waals surface area (Å²) in [5, 5.41) is 2.80. The molecule has 1 N–H and O–H groups in total. The van der Waals surface area contributed by atoms with Gasteiger partial charge in [-0.3, -0.25) is 9.10 Å². The smallest absolute Gasteiger partial charge is 0.240 e. The van der Waals surface area contributed by atoms with Gasteiger partial charge in [-0.05, 0) is 25.5 Å². The maximum Gasteiger partial charge on any atom is 0.240 e. The van der Waals surface area contributed by atoms with Crippen LogP contribution in [0.25, 0.3) is 0 Å². The minimum atomic E-state index is -3.66. The van der Waals surface area contributed by atoms with Crippen LogP contribution in [0.15, 0.2) is 18.2 Å². The SMILES string of the molecule is CCC[C@H](C)NC(=O)CN(c1ccc(OC)cc1OC)S(C)(=O)=O. The highest BCUT2D eigenvalue weighted by molar-refractivity contribution is 7.92. The van der Waals surface area contributed by atoms with Crippen molar-refractivity contribution < 1.29 is 22.7 Å². The molecule has 0 aliphatic heterocycles. The molecule has 0 unspecified atom stereocenters. The Labute approximate surface area is 144 Å². The number of carbonyl (C=O) groups excluding carboxylic acids is 1. The maximum atomic E-state index is 12.2. The fraction of sp³-hybridized carbons (Fsp3) is 0.562. The summed E-state index contributed by atoms with van der Waals surface area (Å²) in [7, 11) is -0.724. The fourth-order valence-corrected chi connectivity index (χ4v) is 3.19. The Morgan fingerprint density at radius 1 is 1.29 bits per heavy atom. The van der Waals surface area contributed by atoms with Gasteiger partial charge in [-0.25, -0.2) is 8.42 Å². The summed E-state index contributed by atoms with van der Waals surface area (Å²) in [4.78, 5) is 12.2.